The summed E-state index contributed by atoms with van der Waals surface area (Å²) in [5.74, 6) is -0.529. The quantitative estimate of drug-likeness (QED) is 0.735. The lowest BCUT2D eigenvalue weighted by Crippen LogP contribution is -2.45. The van der Waals surface area contributed by atoms with Crippen LogP contribution in [0.4, 0.5) is 0 Å². The molecule has 1 fully saturated rings. The second-order valence-corrected chi connectivity index (χ2v) is 6.91. The Morgan fingerprint density at radius 3 is 2.71 bits per heavy atom. The van der Waals surface area contributed by atoms with Crippen LogP contribution in [0.5, 0.6) is 5.75 Å². The molecule has 2 N–H and O–H groups in total. The maximum atomic E-state index is 13.1. The molecule has 0 bridgehead atoms. The van der Waals surface area contributed by atoms with E-state index in [2.05, 4.69) is 10.3 Å². The number of aromatic hydroxyl groups is 1. The summed E-state index contributed by atoms with van der Waals surface area (Å²) in [6.07, 6.45) is 4.72. The Bertz CT molecular complexity index is 1020. The van der Waals surface area contributed by atoms with Crippen molar-refractivity contribution in [1.29, 1.82) is 0 Å². The van der Waals surface area contributed by atoms with E-state index in [-0.39, 0.29) is 23.1 Å². The third-order valence-electron chi connectivity index (χ3n) is 5.16. The number of hydrogen-bond acceptors (Lipinski definition) is 4. The number of likely N-dealkylation sites (tertiary alicyclic amines) is 1. The molecule has 0 saturated carbocycles. The fourth-order valence-electron chi connectivity index (χ4n) is 3.67. The summed E-state index contributed by atoms with van der Waals surface area (Å²) < 4.78 is 0. The van der Waals surface area contributed by atoms with Crippen molar-refractivity contribution in [2.75, 3.05) is 6.54 Å². The van der Waals surface area contributed by atoms with Crippen LogP contribution in [0.25, 0.3) is 10.8 Å². The minimum atomic E-state index is -0.528. The van der Waals surface area contributed by atoms with Crippen molar-refractivity contribution in [1.82, 2.24) is 15.2 Å². The fraction of sp³-hybridized carbons (Fsp3) is 0.227. The number of carbonyl (C=O) groups excluding carboxylic acids is 2. The van der Waals surface area contributed by atoms with Gasteiger partial charge in [-0.1, -0.05) is 30.3 Å². The van der Waals surface area contributed by atoms with Gasteiger partial charge in [0.05, 0.1) is 5.56 Å². The van der Waals surface area contributed by atoms with Crippen molar-refractivity contribution in [3.8, 4) is 5.75 Å². The zero-order valence-corrected chi connectivity index (χ0v) is 15.3. The van der Waals surface area contributed by atoms with Crippen LogP contribution in [-0.4, -0.2) is 39.4 Å². The van der Waals surface area contributed by atoms with Gasteiger partial charge in [-0.25, -0.2) is 0 Å². The second kappa shape index (κ2) is 7.68. The number of pyridine rings is 1. The van der Waals surface area contributed by atoms with E-state index in [1.165, 1.54) is 0 Å². The molecule has 0 radical (unpaired) electrons. The Balaban J connectivity index is 1.52. The molecule has 6 heteroatoms. The van der Waals surface area contributed by atoms with E-state index in [9.17, 15) is 14.7 Å². The van der Waals surface area contributed by atoms with E-state index in [0.29, 0.717) is 24.9 Å². The molecule has 0 spiro atoms. The third kappa shape index (κ3) is 3.41. The van der Waals surface area contributed by atoms with Gasteiger partial charge in [-0.15, -0.1) is 0 Å². The number of carbonyl (C=O) groups is 2. The smallest absolute Gasteiger partial charge is 0.258 e. The summed E-state index contributed by atoms with van der Waals surface area (Å²) in [6.45, 7) is 0.888. The number of fused-ring (bicyclic) bond motifs is 1. The fourth-order valence-corrected chi connectivity index (χ4v) is 3.67. The van der Waals surface area contributed by atoms with Crippen molar-refractivity contribution >= 4 is 22.6 Å². The lowest BCUT2D eigenvalue weighted by Gasteiger charge is -2.24. The number of hydrogen-bond donors (Lipinski definition) is 2. The molecule has 142 valence electrons. The first kappa shape index (κ1) is 18.0. The van der Waals surface area contributed by atoms with Crippen molar-refractivity contribution in [2.45, 2.75) is 25.4 Å². The number of aromatic nitrogens is 1. The van der Waals surface area contributed by atoms with Crippen LogP contribution in [0.3, 0.4) is 0 Å². The Morgan fingerprint density at radius 2 is 1.89 bits per heavy atom. The zero-order chi connectivity index (χ0) is 19.5. The highest BCUT2D eigenvalue weighted by Gasteiger charge is 2.35. The van der Waals surface area contributed by atoms with E-state index in [0.717, 1.165) is 17.4 Å². The first-order valence-corrected chi connectivity index (χ1v) is 9.33. The van der Waals surface area contributed by atoms with Crippen molar-refractivity contribution < 1.29 is 14.7 Å². The van der Waals surface area contributed by atoms with Crippen molar-refractivity contribution in [3.05, 3.63) is 72.1 Å². The summed E-state index contributed by atoms with van der Waals surface area (Å²) >= 11 is 0. The Kier molecular flexibility index (Phi) is 4.93. The van der Waals surface area contributed by atoms with E-state index in [1.54, 1.807) is 29.4 Å². The minimum Gasteiger partial charge on any atom is -0.506 e. The van der Waals surface area contributed by atoms with E-state index >= 15 is 0 Å². The van der Waals surface area contributed by atoms with Gasteiger partial charge in [0.15, 0.2) is 0 Å². The normalized spacial score (nSPS) is 16.3. The Labute approximate surface area is 162 Å². The molecule has 2 aromatic carbocycles. The molecule has 4 rings (SSSR count). The van der Waals surface area contributed by atoms with Gasteiger partial charge in [0.2, 0.25) is 5.91 Å². The first-order valence-electron chi connectivity index (χ1n) is 9.33. The van der Waals surface area contributed by atoms with Gasteiger partial charge >= 0.3 is 0 Å². The van der Waals surface area contributed by atoms with Crippen molar-refractivity contribution in [3.63, 3.8) is 0 Å². The molecule has 2 heterocycles. The third-order valence-corrected chi connectivity index (χ3v) is 5.16. The summed E-state index contributed by atoms with van der Waals surface area (Å²) in [4.78, 5) is 31.3. The largest absolute Gasteiger partial charge is 0.506 e. The molecular weight excluding hydrogens is 354 g/mol. The molecule has 1 saturated heterocycles. The molecule has 3 aromatic rings. The lowest BCUT2D eigenvalue weighted by molar-refractivity contribution is -0.125. The van der Waals surface area contributed by atoms with E-state index in [4.69, 9.17) is 0 Å². The van der Waals surface area contributed by atoms with Crippen molar-refractivity contribution in [2.24, 2.45) is 0 Å². The molecular formula is C22H21N3O3. The van der Waals surface area contributed by atoms with Crippen LogP contribution < -0.4 is 5.32 Å². The van der Waals surface area contributed by atoms with Crippen LogP contribution in [-0.2, 0) is 11.3 Å². The Morgan fingerprint density at radius 1 is 1.11 bits per heavy atom. The highest BCUT2D eigenvalue weighted by Crippen LogP contribution is 2.31. The number of amides is 2. The molecule has 2 amide bonds. The van der Waals surface area contributed by atoms with Crippen LogP contribution in [0.1, 0.15) is 28.8 Å². The second-order valence-electron chi connectivity index (χ2n) is 6.91. The van der Waals surface area contributed by atoms with Gasteiger partial charge in [-0.2, -0.15) is 0 Å². The zero-order valence-electron chi connectivity index (χ0n) is 15.3. The highest BCUT2D eigenvalue weighted by atomic mass is 16.3. The molecule has 1 unspecified atom stereocenters. The van der Waals surface area contributed by atoms with Gasteiger partial charge in [-0.05, 0) is 42.0 Å². The monoisotopic (exact) mass is 375 g/mol. The predicted molar refractivity (Wildman–Crippen MR) is 106 cm³/mol. The number of rotatable bonds is 4. The molecule has 6 nitrogen and oxygen atoms in total. The molecule has 1 aliphatic heterocycles. The topological polar surface area (TPSA) is 82.5 Å². The molecule has 1 aromatic heterocycles. The summed E-state index contributed by atoms with van der Waals surface area (Å²) in [7, 11) is 0. The lowest BCUT2D eigenvalue weighted by atomic mass is 10.0. The average Bonchev–Trinajstić information content (AvgIpc) is 3.23. The first-order chi connectivity index (χ1) is 13.6. The Hall–Kier alpha value is -3.41. The van der Waals surface area contributed by atoms with E-state index < -0.39 is 6.04 Å². The number of nitrogens with one attached hydrogen (secondary N) is 1. The van der Waals surface area contributed by atoms with Gasteiger partial charge in [0, 0.05) is 30.9 Å². The van der Waals surface area contributed by atoms with Gasteiger partial charge in [-0.3, -0.25) is 14.6 Å². The minimum absolute atomic E-state index is 0.0362. The summed E-state index contributed by atoms with van der Waals surface area (Å²) in [5, 5.41) is 15.0. The molecule has 28 heavy (non-hydrogen) atoms. The van der Waals surface area contributed by atoms with Crippen LogP contribution in [0.15, 0.2) is 60.9 Å². The number of phenols is 1. The standard InChI is InChI=1S/C22H21N3O3/c26-20-17-5-2-1-4-16(17)7-8-18(20)22(28)25-13-3-6-19(25)21(27)24-14-15-9-11-23-12-10-15/h1-2,4-5,7-12,19,26H,3,6,13-14H2,(H,24,27). The maximum absolute atomic E-state index is 13.1. The number of phenolic OH excluding ortho intramolecular Hbond substituents is 1. The molecule has 1 aliphatic rings. The number of benzene rings is 2. The van der Waals surface area contributed by atoms with Gasteiger partial charge in [0.25, 0.3) is 5.91 Å². The van der Waals surface area contributed by atoms with Gasteiger partial charge in [0.1, 0.15) is 11.8 Å². The van der Waals surface area contributed by atoms with Crippen LogP contribution >= 0.6 is 0 Å². The maximum Gasteiger partial charge on any atom is 0.258 e. The molecule has 1 atom stereocenters. The average molecular weight is 375 g/mol. The number of nitrogens with zero attached hydrogens (tertiary/aromatic N) is 2. The van der Waals surface area contributed by atoms with Crippen LogP contribution in [0.2, 0.25) is 0 Å². The predicted octanol–water partition coefficient (Wildman–Crippen LogP) is 2.86. The molecule has 0 aliphatic carbocycles. The SMILES string of the molecule is O=C(NCc1ccncc1)C1CCCN1C(=O)c1ccc2ccccc2c1O. The van der Waals surface area contributed by atoms with Gasteiger partial charge < -0.3 is 15.3 Å². The summed E-state index contributed by atoms with van der Waals surface area (Å²) in [5.41, 5.74) is 1.18. The van der Waals surface area contributed by atoms with E-state index in [1.807, 2.05) is 36.4 Å². The summed E-state index contributed by atoms with van der Waals surface area (Å²) in [6, 6.07) is 14.0. The van der Waals surface area contributed by atoms with Crippen LogP contribution in [0, 0.1) is 0 Å². The highest BCUT2D eigenvalue weighted by molar-refractivity contribution is 6.05.